The highest BCUT2D eigenvalue weighted by atomic mass is 16.6. The summed E-state index contributed by atoms with van der Waals surface area (Å²) in [4.78, 5) is 30.3. The Morgan fingerprint density at radius 3 is 2.58 bits per heavy atom. The molecule has 0 bridgehead atoms. The van der Waals surface area contributed by atoms with Gasteiger partial charge in [0.05, 0.1) is 25.4 Å². The van der Waals surface area contributed by atoms with E-state index < -0.39 is 23.2 Å². The van der Waals surface area contributed by atoms with Gasteiger partial charge in [-0.25, -0.2) is 14.6 Å². The summed E-state index contributed by atoms with van der Waals surface area (Å²) in [6.45, 7) is 8.59. The maximum absolute atomic E-state index is 12.1. The zero-order chi connectivity index (χ0) is 19.5. The van der Waals surface area contributed by atoms with Crippen molar-refractivity contribution in [3.05, 3.63) is 17.8 Å². The number of esters is 1. The Morgan fingerprint density at radius 2 is 2.00 bits per heavy atom. The molecule has 1 aromatic heterocycles. The molecule has 1 saturated heterocycles. The van der Waals surface area contributed by atoms with Crippen molar-refractivity contribution in [2.75, 3.05) is 32.2 Å². The van der Waals surface area contributed by atoms with Gasteiger partial charge in [-0.05, 0) is 34.1 Å². The van der Waals surface area contributed by atoms with Gasteiger partial charge in [0, 0.05) is 25.4 Å². The summed E-state index contributed by atoms with van der Waals surface area (Å²) in [7, 11) is 2.84. The molecule has 1 atom stereocenters. The van der Waals surface area contributed by atoms with Crippen molar-refractivity contribution in [2.24, 2.45) is 0 Å². The second kappa shape index (κ2) is 7.39. The van der Waals surface area contributed by atoms with E-state index in [1.165, 1.54) is 20.4 Å². The van der Waals surface area contributed by atoms with Gasteiger partial charge >= 0.3 is 12.1 Å². The maximum Gasteiger partial charge on any atom is 0.408 e. The van der Waals surface area contributed by atoms with E-state index in [0.29, 0.717) is 36.6 Å². The van der Waals surface area contributed by atoms with Gasteiger partial charge < -0.3 is 24.4 Å². The molecule has 1 fully saturated rings. The first-order valence-electron chi connectivity index (χ1n) is 8.45. The predicted octanol–water partition coefficient (Wildman–Crippen LogP) is 2.37. The van der Waals surface area contributed by atoms with Gasteiger partial charge in [0.15, 0.2) is 0 Å². The van der Waals surface area contributed by atoms with Gasteiger partial charge in [0.25, 0.3) is 0 Å². The van der Waals surface area contributed by atoms with Crippen LogP contribution in [-0.4, -0.2) is 55.5 Å². The fraction of sp³-hybridized carbons (Fsp3) is 0.611. The Kier molecular flexibility index (Phi) is 5.63. The molecular formula is C18H27N3O5. The molecule has 2 heterocycles. The number of rotatable bonds is 4. The summed E-state index contributed by atoms with van der Waals surface area (Å²) in [6.07, 6.45) is 1.69. The fourth-order valence-corrected chi connectivity index (χ4v) is 2.89. The van der Waals surface area contributed by atoms with Crippen LogP contribution in [0.4, 0.5) is 10.5 Å². The summed E-state index contributed by atoms with van der Waals surface area (Å²) < 4.78 is 15.4. The normalized spacial score (nSPS) is 19.8. The number of nitrogens with one attached hydrogen (secondary N) is 1. The number of amides is 1. The number of pyridine rings is 1. The topological polar surface area (TPSA) is 90.0 Å². The third-order valence-electron chi connectivity index (χ3n) is 4.09. The van der Waals surface area contributed by atoms with Crippen LogP contribution in [-0.2, 0) is 9.47 Å². The molecule has 8 nitrogen and oxygen atoms in total. The quantitative estimate of drug-likeness (QED) is 0.819. The maximum atomic E-state index is 12.1. The lowest BCUT2D eigenvalue weighted by molar-refractivity contribution is 0.0472. The molecule has 1 amide bonds. The van der Waals surface area contributed by atoms with Crippen LogP contribution in [0, 0.1) is 0 Å². The van der Waals surface area contributed by atoms with E-state index >= 15 is 0 Å². The van der Waals surface area contributed by atoms with Gasteiger partial charge in [0.1, 0.15) is 11.2 Å². The zero-order valence-electron chi connectivity index (χ0n) is 16.2. The van der Waals surface area contributed by atoms with Gasteiger partial charge in [-0.2, -0.15) is 0 Å². The van der Waals surface area contributed by atoms with Crippen molar-refractivity contribution >= 4 is 17.7 Å². The zero-order valence-corrected chi connectivity index (χ0v) is 16.2. The smallest absolute Gasteiger partial charge is 0.408 e. The number of nitrogens with zero attached hydrogens (tertiary/aromatic N) is 2. The average Bonchev–Trinajstić information content (AvgIpc) is 2.93. The number of ether oxygens (including phenoxy) is 3. The molecule has 1 N–H and O–H groups in total. The Morgan fingerprint density at radius 1 is 1.31 bits per heavy atom. The van der Waals surface area contributed by atoms with Gasteiger partial charge in [-0.15, -0.1) is 0 Å². The van der Waals surface area contributed by atoms with Crippen LogP contribution in [0.3, 0.4) is 0 Å². The molecule has 0 aliphatic carbocycles. The third kappa shape index (κ3) is 4.77. The molecule has 0 radical (unpaired) electrons. The van der Waals surface area contributed by atoms with Gasteiger partial charge in [-0.1, -0.05) is 0 Å². The van der Waals surface area contributed by atoms with Crippen molar-refractivity contribution in [3.8, 4) is 5.88 Å². The van der Waals surface area contributed by atoms with Crippen LogP contribution in [0.15, 0.2) is 12.3 Å². The number of hydrogen-bond acceptors (Lipinski definition) is 7. The van der Waals surface area contributed by atoms with Gasteiger partial charge in [-0.3, -0.25) is 0 Å². The first-order valence-corrected chi connectivity index (χ1v) is 8.45. The number of alkyl carbamates (subject to hydrolysis) is 1. The molecule has 2 rings (SSSR count). The first kappa shape index (κ1) is 19.8. The van der Waals surface area contributed by atoms with Crippen LogP contribution in [0.25, 0.3) is 0 Å². The van der Waals surface area contributed by atoms with Crippen LogP contribution >= 0.6 is 0 Å². The lowest BCUT2D eigenvalue weighted by Gasteiger charge is -2.29. The summed E-state index contributed by atoms with van der Waals surface area (Å²) in [5.41, 5.74) is -0.0187. The fourth-order valence-electron chi connectivity index (χ4n) is 2.89. The molecule has 26 heavy (non-hydrogen) atoms. The largest absolute Gasteiger partial charge is 0.481 e. The number of carbonyl (C=O) groups is 2. The molecule has 1 aliphatic rings. The van der Waals surface area contributed by atoms with E-state index in [2.05, 4.69) is 10.3 Å². The highest BCUT2D eigenvalue weighted by Gasteiger charge is 2.38. The molecule has 8 heteroatoms. The molecule has 0 aromatic carbocycles. The number of hydrogen-bond donors (Lipinski definition) is 1. The van der Waals surface area contributed by atoms with Crippen LogP contribution in [0.2, 0.25) is 0 Å². The predicted molar refractivity (Wildman–Crippen MR) is 96.7 cm³/mol. The first-order chi connectivity index (χ1) is 12.1. The Hall–Kier alpha value is -2.51. The summed E-state index contributed by atoms with van der Waals surface area (Å²) >= 11 is 0. The van der Waals surface area contributed by atoms with E-state index in [-0.39, 0.29) is 0 Å². The van der Waals surface area contributed by atoms with Crippen molar-refractivity contribution in [1.82, 2.24) is 10.3 Å². The number of methoxy groups -OCH3 is 2. The minimum atomic E-state index is -0.560. The number of carbonyl (C=O) groups excluding carboxylic acids is 2. The van der Waals surface area contributed by atoms with E-state index in [9.17, 15) is 9.59 Å². The molecule has 1 aromatic rings. The lowest BCUT2D eigenvalue weighted by atomic mass is 10.0. The Bertz CT molecular complexity index is 686. The van der Waals surface area contributed by atoms with E-state index in [1.54, 1.807) is 6.07 Å². The summed E-state index contributed by atoms with van der Waals surface area (Å²) in [5.74, 6) is -0.0646. The summed E-state index contributed by atoms with van der Waals surface area (Å²) in [5, 5.41) is 2.94. The third-order valence-corrected chi connectivity index (χ3v) is 4.09. The number of anilines is 1. The molecular weight excluding hydrogens is 338 g/mol. The van der Waals surface area contributed by atoms with Crippen molar-refractivity contribution in [1.29, 1.82) is 0 Å². The van der Waals surface area contributed by atoms with E-state index in [0.717, 1.165) is 0 Å². The average molecular weight is 365 g/mol. The minimum absolute atomic E-state index is 0.356. The standard InChI is InChI=1S/C18H27N3O5/c1-17(2,3)26-16(23)20-18(4)7-8-21(11-18)13-9-14(24-5)19-10-12(13)15(22)25-6/h9-10H,7-8,11H2,1-6H3,(H,20,23)/t18-/m0/s1. The second-order valence-corrected chi connectivity index (χ2v) is 7.59. The monoisotopic (exact) mass is 365 g/mol. The molecule has 0 spiro atoms. The molecule has 1 aliphatic heterocycles. The highest BCUT2D eigenvalue weighted by molar-refractivity contribution is 5.95. The SMILES string of the molecule is COC(=O)c1cnc(OC)cc1N1CC[C@](C)(NC(=O)OC(C)(C)C)C1. The Balaban J connectivity index is 2.19. The lowest BCUT2D eigenvalue weighted by Crippen LogP contribution is -2.49. The van der Waals surface area contributed by atoms with Crippen molar-refractivity contribution in [3.63, 3.8) is 0 Å². The van der Waals surface area contributed by atoms with E-state index in [4.69, 9.17) is 14.2 Å². The van der Waals surface area contributed by atoms with Crippen LogP contribution in [0.5, 0.6) is 5.88 Å². The molecule has 0 unspecified atom stereocenters. The summed E-state index contributed by atoms with van der Waals surface area (Å²) in [6, 6.07) is 1.70. The van der Waals surface area contributed by atoms with Crippen LogP contribution in [0.1, 0.15) is 44.5 Å². The van der Waals surface area contributed by atoms with Gasteiger partial charge in [0.2, 0.25) is 5.88 Å². The molecule has 0 saturated carbocycles. The van der Waals surface area contributed by atoms with E-state index in [1.807, 2.05) is 32.6 Å². The molecule has 144 valence electrons. The highest BCUT2D eigenvalue weighted by Crippen LogP contribution is 2.31. The second-order valence-electron chi connectivity index (χ2n) is 7.59. The number of aromatic nitrogens is 1. The van der Waals surface area contributed by atoms with Crippen molar-refractivity contribution < 1.29 is 23.8 Å². The van der Waals surface area contributed by atoms with Crippen molar-refractivity contribution in [2.45, 2.75) is 45.3 Å². The van der Waals surface area contributed by atoms with Crippen LogP contribution < -0.4 is 15.0 Å². The minimum Gasteiger partial charge on any atom is -0.481 e. The Labute approximate surface area is 153 Å².